The van der Waals surface area contributed by atoms with Crippen molar-refractivity contribution in [2.75, 3.05) is 39.5 Å². The molecule has 1 unspecified atom stereocenters. The van der Waals surface area contributed by atoms with Gasteiger partial charge in [0.25, 0.3) is 5.91 Å². The number of amides is 3. The first-order valence-electron chi connectivity index (χ1n) is 19.9. The first-order chi connectivity index (χ1) is 29.1. The first-order valence-corrected chi connectivity index (χ1v) is 22.4. The topological polar surface area (TPSA) is 241 Å². The highest BCUT2D eigenvalue weighted by molar-refractivity contribution is 14.1. The van der Waals surface area contributed by atoms with Crippen molar-refractivity contribution in [3.63, 3.8) is 0 Å². The van der Waals surface area contributed by atoms with Crippen LogP contribution in [0.1, 0.15) is 69.8 Å². The van der Waals surface area contributed by atoms with E-state index in [-0.39, 0.29) is 119 Å². The summed E-state index contributed by atoms with van der Waals surface area (Å²) in [6.07, 6.45) is 1.93. The van der Waals surface area contributed by atoms with Gasteiger partial charge in [-0.05, 0) is 115 Å². The summed E-state index contributed by atoms with van der Waals surface area (Å²) in [5, 5.41) is 22.0. The van der Waals surface area contributed by atoms with E-state index >= 15 is 0 Å². The predicted molar refractivity (Wildman–Crippen MR) is 228 cm³/mol. The number of sulfonamides is 1. The van der Waals surface area contributed by atoms with Gasteiger partial charge in [0, 0.05) is 57.7 Å². The van der Waals surface area contributed by atoms with Crippen molar-refractivity contribution in [1.29, 1.82) is 0 Å². The van der Waals surface area contributed by atoms with Crippen LogP contribution in [-0.4, -0.2) is 97.4 Å². The Labute approximate surface area is 367 Å². The second kappa shape index (κ2) is 24.2. The number of nitrogens with zero attached hydrogens (tertiary/aromatic N) is 1. The molecule has 0 bridgehead atoms. The second-order valence-electron chi connectivity index (χ2n) is 14.6. The number of rotatable bonds is 27. The summed E-state index contributed by atoms with van der Waals surface area (Å²) in [6.45, 7) is 0.440. The minimum absolute atomic E-state index is 0.0359. The number of halogens is 2. The number of hydroxylamine groups is 1. The maximum Gasteiger partial charge on any atom is 0.264 e. The Balaban J connectivity index is 1.13. The normalized spacial score (nSPS) is 14.0. The number of Topliss-reactive ketones (excluding diaryl/α,β-unsaturated/α-hetero) is 2. The predicted octanol–water partition coefficient (Wildman–Crippen LogP) is 4.71. The standard InChI is InChI=1S/C42H52FIN4O12S/c43-31-6-8-34(9-7-31)60-35-10-12-36(13-11-35)61(56,57)48(42(41(54)47-55)18-1-2-19-42)21-15-32(49)4-3-22-58-24-17-39(52)46-20-25-59-23-16-33(50)28-30(40(45)53)26-29-5-14-38(51)37(44)27-29/h5-14,27,30,51,55H,1-4,15-26,28H2,(H2,45,53)(H,46,52)(H,47,54). The summed E-state index contributed by atoms with van der Waals surface area (Å²) >= 11 is 1.97. The lowest BCUT2D eigenvalue weighted by Crippen LogP contribution is -2.59. The maximum atomic E-state index is 14.1. The van der Waals surface area contributed by atoms with Gasteiger partial charge in [-0.15, -0.1) is 0 Å². The molecular weight excluding hydrogens is 930 g/mol. The minimum Gasteiger partial charge on any atom is -0.507 e. The Morgan fingerprint density at radius 2 is 1.49 bits per heavy atom. The molecule has 0 spiro atoms. The van der Waals surface area contributed by atoms with Gasteiger partial charge in [-0.25, -0.2) is 18.3 Å². The van der Waals surface area contributed by atoms with Crippen LogP contribution >= 0.6 is 22.6 Å². The molecule has 3 aromatic rings. The summed E-state index contributed by atoms with van der Waals surface area (Å²) in [5.41, 5.74) is 6.32. The zero-order valence-corrected chi connectivity index (χ0v) is 36.6. The number of nitrogens with two attached hydrogens (primary N) is 1. The molecule has 61 heavy (non-hydrogen) atoms. The Bertz CT molecular complexity index is 2070. The van der Waals surface area contributed by atoms with E-state index in [1.807, 2.05) is 22.6 Å². The molecule has 6 N–H and O–H groups in total. The van der Waals surface area contributed by atoms with Gasteiger partial charge >= 0.3 is 0 Å². The molecule has 3 aromatic carbocycles. The molecular formula is C42H52FIN4O12S. The summed E-state index contributed by atoms with van der Waals surface area (Å²) in [5.74, 6) is -2.57. The van der Waals surface area contributed by atoms with E-state index in [0.717, 1.165) is 9.87 Å². The lowest BCUT2D eigenvalue weighted by molar-refractivity contribution is -0.139. The number of hydrogen-bond acceptors (Lipinski definition) is 12. The van der Waals surface area contributed by atoms with Crippen LogP contribution in [0.25, 0.3) is 0 Å². The fourth-order valence-electron chi connectivity index (χ4n) is 6.90. The van der Waals surface area contributed by atoms with Crippen LogP contribution in [-0.2, 0) is 49.9 Å². The Morgan fingerprint density at radius 3 is 2.13 bits per heavy atom. The van der Waals surface area contributed by atoms with Gasteiger partial charge in [0.05, 0.1) is 28.3 Å². The SMILES string of the molecule is NC(=O)C(CC(=O)CCOCCNC(=O)CCOCCCC(=O)CCN(C1(C(=O)NO)CCCC1)S(=O)(=O)c1ccc(Oc2ccc(F)cc2)cc1)Cc1ccc(O)c(I)c1. The zero-order chi connectivity index (χ0) is 44.4. The van der Waals surface area contributed by atoms with Crippen LogP contribution in [0, 0.1) is 15.3 Å². The highest BCUT2D eigenvalue weighted by Gasteiger charge is 2.51. The largest absolute Gasteiger partial charge is 0.507 e. The van der Waals surface area contributed by atoms with E-state index < -0.39 is 39.1 Å². The van der Waals surface area contributed by atoms with Crippen molar-refractivity contribution in [2.45, 2.75) is 81.1 Å². The second-order valence-corrected chi connectivity index (χ2v) is 17.6. The van der Waals surface area contributed by atoms with E-state index in [9.17, 15) is 47.1 Å². The summed E-state index contributed by atoms with van der Waals surface area (Å²) in [7, 11) is -4.36. The first kappa shape index (κ1) is 49.1. The third-order valence-corrected chi connectivity index (χ3v) is 13.0. The van der Waals surface area contributed by atoms with Crippen molar-refractivity contribution in [3.8, 4) is 17.2 Å². The Hall–Kier alpha value is -4.54. The number of primary amides is 1. The molecule has 4 rings (SSSR count). The number of benzene rings is 3. The van der Waals surface area contributed by atoms with Crippen molar-refractivity contribution >= 4 is 61.9 Å². The lowest BCUT2D eigenvalue weighted by atomic mass is 9.93. The van der Waals surface area contributed by atoms with Crippen molar-refractivity contribution in [1.82, 2.24) is 15.1 Å². The van der Waals surface area contributed by atoms with E-state index in [1.165, 1.54) is 54.6 Å². The fourth-order valence-corrected chi connectivity index (χ4v) is 9.28. The number of ketones is 2. The molecule has 19 heteroatoms. The van der Waals surface area contributed by atoms with E-state index in [2.05, 4.69) is 5.32 Å². The van der Waals surface area contributed by atoms with Crippen molar-refractivity contribution in [2.24, 2.45) is 11.7 Å². The number of nitrogens with one attached hydrogen (secondary N) is 2. The number of phenolic OH excluding ortho intramolecular Hbond substituents is 1. The average Bonchev–Trinajstić information content (AvgIpc) is 3.73. The highest BCUT2D eigenvalue weighted by atomic mass is 127. The molecule has 1 aliphatic carbocycles. The van der Waals surface area contributed by atoms with Crippen LogP contribution in [0.2, 0.25) is 0 Å². The average molecular weight is 983 g/mol. The molecule has 0 aliphatic heterocycles. The van der Waals surface area contributed by atoms with Gasteiger partial charge in [-0.2, -0.15) is 4.31 Å². The monoisotopic (exact) mass is 982 g/mol. The number of phenols is 1. The maximum absolute atomic E-state index is 14.1. The van der Waals surface area contributed by atoms with Gasteiger partial charge in [0.1, 0.15) is 40.2 Å². The van der Waals surface area contributed by atoms with Crippen LogP contribution in [0.5, 0.6) is 17.2 Å². The number of carbonyl (C=O) groups excluding carboxylic acids is 5. The molecule has 1 fully saturated rings. The van der Waals surface area contributed by atoms with E-state index in [1.54, 1.807) is 17.6 Å². The van der Waals surface area contributed by atoms with Gasteiger partial charge in [0.2, 0.25) is 21.8 Å². The molecule has 3 amide bonds. The highest BCUT2D eigenvalue weighted by Crippen LogP contribution is 2.39. The molecule has 1 saturated carbocycles. The van der Waals surface area contributed by atoms with Crippen LogP contribution in [0.4, 0.5) is 4.39 Å². The van der Waals surface area contributed by atoms with Crippen LogP contribution in [0.15, 0.2) is 71.6 Å². The van der Waals surface area contributed by atoms with Gasteiger partial charge in [0.15, 0.2) is 0 Å². The molecule has 1 atom stereocenters. The molecule has 16 nitrogen and oxygen atoms in total. The van der Waals surface area contributed by atoms with E-state index in [4.69, 9.17) is 19.9 Å². The zero-order valence-electron chi connectivity index (χ0n) is 33.6. The van der Waals surface area contributed by atoms with Gasteiger partial charge in [-0.3, -0.25) is 29.2 Å². The van der Waals surface area contributed by atoms with E-state index in [0.29, 0.717) is 34.3 Å². The molecule has 0 saturated heterocycles. The summed E-state index contributed by atoms with van der Waals surface area (Å²) in [6, 6.07) is 15.7. The molecule has 0 aromatic heterocycles. The third kappa shape index (κ3) is 15.1. The van der Waals surface area contributed by atoms with Crippen molar-refractivity contribution in [3.05, 3.63) is 81.7 Å². The smallest absolute Gasteiger partial charge is 0.264 e. The molecule has 0 heterocycles. The Kier molecular flexibility index (Phi) is 19.5. The van der Waals surface area contributed by atoms with Gasteiger partial charge in [-0.1, -0.05) is 18.9 Å². The molecule has 1 aliphatic rings. The number of ether oxygens (including phenoxy) is 3. The summed E-state index contributed by atoms with van der Waals surface area (Å²) in [4.78, 5) is 62.4. The lowest BCUT2D eigenvalue weighted by Gasteiger charge is -2.38. The van der Waals surface area contributed by atoms with Crippen molar-refractivity contribution < 1.29 is 61.3 Å². The summed E-state index contributed by atoms with van der Waals surface area (Å²) < 4.78 is 59.7. The number of hydrogen-bond donors (Lipinski definition) is 5. The fraction of sp³-hybridized carbons (Fsp3) is 0.452. The molecule has 0 radical (unpaired) electrons. The number of carbonyl (C=O) groups is 5. The quantitative estimate of drug-likeness (QED) is 0.0302. The molecule has 332 valence electrons. The Morgan fingerprint density at radius 1 is 0.852 bits per heavy atom. The number of aromatic hydroxyl groups is 1. The minimum atomic E-state index is -4.36. The van der Waals surface area contributed by atoms with Crippen LogP contribution in [0.3, 0.4) is 0 Å². The third-order valence-electron chi connectivity index (χ3n) is 10.2. The van der Waals surface area contributed by atoms with Gasteiger partial charge < -0.3 is 30.4 Å². The van der Waals surface area contributed by atoms with Crippen LogP contribution < -0.4 is 21.3 Å².